The smallest absolute Gasteiger partial charge is 0.244 e. The van der Waals surface area contributed by atoms with Crippen LogP contribution in [0, 0.1) is 0 Å². The van der Waals surface area contributed by atoms with Gasteiger partial charge < -0.3 is 24.7 Å². The molecular formula is C25H29N5O4S. The normalized spacial score (nSPS) is 10.9. The molecule has 0 unspecified atom stereocenters. The van der Waals surface area contributed by atoms with Crippen LogP contribution >= 0.6 is 11.8 Å². The van der Waals surface area contributed by atoms with Crippen molar-refractivity contribution in [3.63, 3.8) is 0 Å². The van der Waals surface area contributed by atoms with Gasteiger partial charge in [0.1, 0.15) is 0 Å². The number of carbonyl (C=O) groups excluding carboxylic acids is 2. The number of aromatic nitrogens is 3. The van der Waals surface area contributed by atoms with Gasteiger partial charge in [-0.15, -0.1) is 10.2 Å². The highest BCUT2D eigenvalue weighted by Gasteiger charge is 2.13. The second-order valence-electron chi connectivity index (χ2n) is 7.47. The molecule has 0 saturated carbocycles. The highest BCUT2D eigenvalue weighted by molar-refractivity contribution is 7.99. The molecule has 0 aliphatic rings. The zero-order valence-corrected chi connectivity index (χ0v) is 21.0. The van der Waals surface area contributed by atoms with E-state index in [0.717, 1.165) is 23.2 Å². The molecule has 3 aromatic rings. The van der Waals surface area contributed by atoms with E-state index in [1.54, 1.807) is 44.0 Å². The highest BCUT2D eigenvalue weighted by atomic mass is 32.2. The number of carbonyl (C=O) groups is 2. The molecule has 1 heterocycles. The molecule has 0 fully saturated rings. The molecule has 184 valence electrons. The molecule has 0 spiro atoms. The van der Waals surface area contributed by atoms with Gasteiger partial charge in [-0.05, 0) is 41.8 Å². The summed E-state index contributed by atoms with van der Waals surface area (Å²) >= 11 is 1.29. The Labute approximate surface area is 208 Å². The molecule has 2 amide bonds. The van der Waals surface area contributed by atoms with Crippen LogP contribution in [0.2, 0.25) is 0 Å². The number of aryl methyl sites for hydroxylation is 1. The van der Waals surface area contributed by atoms with E-state index in [0.29, 0.717) is 22.5 Å². The van der Waals surface area contributed by atoms with Crippen LogP contribution in [0.3, 0.4) is 0 Å². The van der Waals surface area contributed by atoms with Crippen LogP contribution in [0.25, 0.3) is 6.08 Å². The van der Waals surface area contributed by atoms with Gasteiger partial charge in [-0.1, -0.05) is 43.0 Å². The van der Waals surface area contributed by atoms with E-state index < -0.39 is 0 Å². The molecule has 2 N–H and O–H groups in total. The molecule has 0 aliphatic heterocycles. The molecule has 0 saturated heterocycles. The van der Waals surface area contributed by atoms with Gasteiger partial charge in [0, 0.05) is 18.8 Å². The predicted octanol–water partition coefficient (Wildman–Crippen LogP) is 3.46. The van der Waals surface area contributed by atoms with E-state index >= 15 is 0 Å². The van der Waals surface area contributed by atoms with Crippen LogP contribution in [0.4, 0.5) is 5.69 Å². The minimum absolute atomic E-state index is 0.117. The fraction of sp³-hybridized carbons (Fsp3) is 0.280. The molecule has 0 aliphatic carbocycles. The SMILES string of the molecule is CCc1ccccc1NC(=O)CSc1nnc(CNC(=O)/C=C/c2ccc(OC)c(OC)c2)n1C. The van der Waals surface area contributed by atoms with Crippen LogP contribution in [-0.2, 0) is 29.6 Å². The van der Waals surface area contributed by atoms with E-state index in [9.17, 15) is 9.59 Å². The summed E-state index contributed by atoms with van der Waals surface area (Å²) in [6.45, 7) is 2.25. The van der Waals surface area contributed by atoms with E-state index in [4.69, 9.17) is 9.47 Å². The van der Waals surface area contributed by atoms with Crippen molar-refractivity contribution >= 4 is 35.3 Å². The van der Waals surface area contributed by atoms with Crippen molar-refractivity contribution in [1.29, 1.82) is 0 Å². The van der Waals surface area contributed by atoms with Gasteiger partial charge in [-0.25, -0.2) is 0 Å². The minimum Gasteiger partial charge on any atom is -0.493 e. The number of nitrogens with zero attached hydrogens (tertiary/aromatic N) is 3. The molecular weight excluding hydrogens is 466 g/mol. The van der Waals surface area contributed by atoms with Crippen LogP contribution in [0.15, 0.2) is 53.7 Å². The molecule has 0 atom stereocenters. The first kappa shape index (κ1) is 25.8. The lowest BCUT2D eigenvalue weighted by molar-refractivity contribution is -0.116. The van der Waals surface area contributed by atoms with Crippen molar-refractivity contribution in [3.8, 4) is 11.5 Å². The number of para-hydroxylation sites is 1. The Morgan fingerprint density at radius 3 is 2.60 bits per heavy atom. The van der Waals surface area contributed by atoms with E-state index in [2.05, 4.69) is 20.8 Å². The second-order valence-corrected chi connectivity index (χ2v) is 8.41. The first-order valence-electron chi connectivity index (χ1n) is 11.0. The average molecular weight is 496 g/mol. The van der Waals surface area contributed by atoms with Crippen LogP contribution < -0.4 is 20.1 Å². The molecule has 1 aromatic heterocycles. The van der Waals surface area contributed by atoms with E-state index in [-0.39, 0.29) is 24.1 Å². The molecule has 2 aromatic carbocycles. The van der Waals surface area contributed by atoms with Crippen molar-refractivity contribution in [1.82, 2.24) is 20.1 Å². The molecule has 9 nitrogen and oxygen atoms in total. The number of amides is 2. The molecule has 0 radical (unpaired) electrons. The summed E-state index contributed by atoms with van der Waals surface area (Å²) in [6.07, 6.45) is 3.96. The topological polar surface area (TPSA) is 107 Å². The van der Waals surface area contributed by atoms with Crippen molar-refractivity contribution in [2.24, 2.45) is 7.05 Å². The third kappa shape index (κ3) is 7.10. The predicted molar refractivity (Wildman–Crippen MR) is 137 cm³/mol. The summed E-state index contributed by atoms with van der Waals surface area (Å²) in [5.41, 5.74) is 2.71. The third-order valence-electron chi connectivity index (χ3n) is 5.19. The van der Waals surface area contributed by atoms with Crippen molar-refractivity contribution in [2.75, 3.05) is 25.3 Å². The molecule has 3 rings (SSSR count). The number of ether oxygens (including phenoxy) is 2. The van der Waals surface area contributed by atoms with Gasteiger partial charge in [0.05, 0.1) is 26.5 Å². The summed E-state index contributed by atoms with van der Waals surface area (Å²) in [7, 11) is 4.93. The number of thioether (sulfide) groups is 1. The van der Waals surface area contributed by atoms with Crippen molar-refractivity contribution in [3.05, 3.63) is 65.5 Å². The first-order valence-corrected chi connectivity index (χ1v) is 12.0. The summed E-state index contributed by atoms with van der Waals surface area (Å²) in [5, 5.41) is 14.6. The van der Waals surface area contributed by atoms with Gasteiger partial charge in [-0.3, -0.25) is 9.59 Å². The lowest BCUT2D eigenvalue weighted by Crippen LogP contribution is -2.22. The Morgan fingerprint density at radius 1 is 1.09 bits per heavy atom. The van der Waals surface area contributed by atoms with Gasteiger partial charge in [0.25, 0.3) is 0 Å². The molecule has 35 heavy (non-hydrogen) atoms. The zero-order chi connectivity index (χ0) is 25.2. The van der Waals surface area contributed by atoms with Gasteiger partial charge in [0.2, 0.25) is 11.8 Å². The first-order chi connectivity index (χ1) is 16.9. The summed E-state index contributed by atoms with van der Waals surface area (Å²) < 4.78 is 12.3. The number of hydrogen-bond acceptors (Lipinski definition) is 7. The zero-order valence-electron chi connectivity index (χ0n) is 20.2. The van der Waals surface area contributed by atoms with Crippen molar-refractivity contribution < 1.29 is 19.1 Å². The average Bonchev–Trinajstić information content (AvgIpc) is 3.24. The number of anilines is 1. The lowest BCUT2D eigenvalue weighted by atomic mass is 10.1. The fourth-order valence-corrected chi connectivity index (χ4v) is 3.98. The van der Waals surface area contributed by atoms with E-state index in [1.807, 2.05) is 37.3 Å². The quantitative estimate of drug-likeness (QED) is 0.310. The standard InChI is InChI=1S/C25H29N5O4S/c1-5-18-8-6-7-9-19(18)27-24(32)16-35-25-29-28-22(30(25)2)15-26-23(31)13-11-17-10-12-20(33-3)21(14-17)34-4/h6-14H,5,15-16H2,1-4H3,(H,26,31)(H,27,32)/b13-11+. The maximum Gasteiger partial charge on any atom is 0.244 e. The Balaban J connectivity index is 1.50. The Bertz CT molecular complexity index is 1210. The fourth-order valence-electron chi connectivity index (χ4n) is 3.25. The van der Waals surface area contributed by atoms with Gasteiger partial charge in [-0.2, -0.15) is 0 Å². The summed E-state index contributed by atoms with van der Waals surface area (Å²) in [4.78, 5) is 24.6. The monoisotopic (exact) mass is 495 g/mol. The molecule has 0 bridgehead atoms. The number of benzene rings is 2. The Morgan fingerprint density at radius 2 is 1.86 bits per heavy atom. The van der Waals surface area contributed by atoms with Gasteiger partial charge >= 0.3 is 0 Å². The molecule has 10 heteroatoms. The van der Waals surface area contributed by atoms with Crippen LogP contribution in [-0.4, -0.2) is 46.6 Å². The largest absolute Gasteiger partial charge is 0.493 e. The minimum atomic E-state index is -0.272. The number of nitrogens with one attached hydrogen (secondary N) is 2. The van der Waals surface area contributed by atoms with Crippen LogP contribution in [0.1, 0.15) is 23.9 Å². The highest BCUT2D eigenvalue weighted by Crippen LogP contribution is 2.28. The number of hydrogen-bond donors (Lipinski definition) is 2. The Kier molecular flexibility index (Phi) is 9.31. The van der Waals surface area contributed by atoms with Gasteiger partial charge in [0.15, 0.2) is 22.5 Å². The van der Waals surface area contributed by atoms with Crippen molar-refractivity contribution in [2.45, 2.75) is 25.0 Å². The second kappa shape index (κ2) is 12.6. The summed E-state index contributed by atoms with van der Waals surface area (Å²) in [5.74, 6) is 1.60. The number of rotatable bonds is 11. The Hall–Kier alpha value is -3.79. The maximum absolute atomic E-state index is 12.4. The number of methoxy groups -OCH3 is 2. The maximum atomic E-state index is 12.4. The third-order valence-corrected chi connectivity index (χ3v) is 6.21. The summed E-state index contributed by atoms with van der Waals surface area (Å²) in [6, 6.07) is 13.1. The van der Waals surface area contributed by atoms with Crippen LogP contribution in [0.5, 0.6) is 11.5 Å². The lowest BCUT2D eigenvalue weighted by Gasteiger charge is -2.09. The van der Waals surface area contributed by atoms with E-state index in [1.165, 1.54) is 17.8 Å².